The van der Waals surface area contributed by atoms with E-state index in [-0.39, 0.29) is 40.4 Å². The van der Waals surface area contributed by atoms with Gasteiger partial charge in [0.15, 0.2) is 23.0 Å². The smallest absolute Gasteiger partial charge is 0.290 e. The third kappa shape index (κ3) is 4.50. The summed E-state index contributed by atoms with van der Waals surface area (Å²) in [5, 5.41) is 21.1. The number of furan rings is 1. The first-order valence-corrected chi connectivity index (χ1v) is 11.2. The van der Waals surface area contributed by atoms with Crippen molar-refractivity contribution in [2.45, 2.75) is 12.1 Å². The van der Waals surface area contributed by atoms with E-state index in [0.717, 1.165) is 5.56 Å². The normalized spacial score (nSPS) is 16.8. The summed E-state index contributed by atoms with van der Waals surface area (Å²) in [7, 11) is 5.14. The van der Waals surface area contributed by atoms with Crippen molar-refractivity contribution in [2.24, 2.45) is 0 Å². The van der Waals surface area contributed by atoms with Crippen LogP contribution in [0.1, 0.15) is 33.8 Å². The van der Waals surface area contributed by atoms with Crippen LogP contribution < -0.4 is 4.74 Å². The standard InChI is InChI=1S/C26H25ClN2O6/c1-28(2)18(15-8-5-4-6-9-15)14-29-22(16-12-17(27)23(30)20(13-16)34-3)21(25(32)26(29)33)24(31)19-10-7-11-35-19/h4-13,18,22,30,32H,14H2,1-3H3. The van der Waals surface area contributed by atoms with Gasteiger partial charge in [-0.05, 0) is 49.5 Å². The number of phenolic OH excluding ortho intramolecular Hbond substituents is 1. The number of amides is 1. The molecule has 182 valence electrons. The Bertz CT molecular complexity index is 1270. The van der Waals surface area contributed by atoms with E-state index in [1.165, 1.54) is 36.5 Å². The van der Waals surface area contributed by atoms with Crippen molar-refractivity contribution >= 4 is 23.3 Å². The molecule has 2 aromatic carbocycles. The molecule has 35 heavy (non-hydrogen) atoms. The summed E-state index contributed by atoms with van der Waals surface area (Å²) < 4.78 is 10.5. The van der Waals surface area contributed by atoms with Crippen LogP contribution in [0.2, 0.25) is 5.02 Å². The van der Waals surface area contributed by atoms with E-state index in [1.54, 1.807) is 6.07 Å². The first-order chi connectivity index (χ1) is 16.7. The number of rotatable bonds is 8. The highest BCUT2D eigenvalue weighted by molar-refractivity contribution is 6.32. The van der Waals surface area contributed by atoms with E-state index >= 15 is 0 Å². The number of likely N-dealkylation sites (N-methyl/N-ethyl adjacent to an activating group) is 1. The summed E-state index contributed by atoms with van der Waals surface area (Å²) in [5.41, 5.74) is 1.21. The molecule has 0 aliphatic carbocycles. The van der Waals surface area contributed by atoms with E-state index < -0.39 is 23.5 Å². The zero-order chi connectivity index (χ0) is 25.3. The predicted molar refractivity (Wildman–Crippen MR) is 130 cm³/mol. The molecule has 2 N–H and O–H groups in total. The molecule has 1 aromatic heterocycles. The van der Waals surface area contributed by atoms with Crippen molar-refractivity contribution in [3.63, 3.8) is 0 Å². The maximum atomic E-state index is 13.4. The van der Waals surface area contributed by atoms with Crippen molar-refractivity contribution < 1.29 is 29.0 Å². The fourth-order valence-corrected chi connectivity index (χ4v) is 4.52. The third-order valence-electron chi connectivity index (χ3n) is 6.06. The van der Waals surface area contributed by atoms with E-state index in [0.29, 0.717) is 5.56 Å². The predicted octanol–water partition coefficient (Wildman–Crippen LogP) is 4.53. The second-order valence-electron chi connectivity index (χ2n) is 8.37. The van der Waals surface area contributed by atoms with Gasteiger partial charge in [-0.1, -0.05) is 41.9 Å². The number of phenols is 1. The number of aliphatic hydroxyl groups excluding tert-OH is 1. The van der Waals surface area contributed by atoms with Crippen LogP contribution in [0.3, 0.4) is 0 Å². The topological polar surface area (TPSA) is 103 Å². The molecule has 1 amide bonds. The molecule has 8 nitrogen and oxygen atoms in total. The molecule has 0 saturated heterocycles. The Morgan fingerprint density at radius 1 is 1.17 bits per heavy atom. The van der Waals surface area contributed by atoms with Gasteiger partial charge < -0.3 is 29.2 Å². The minimum atomic E-state index is -1.00. The SMILES string of the molecule is COc1cc(C2C(C(=O)c3ccco3)=C(O)C(=O)N2CC(c2ccccc2)N(C)C)cc(Cl)c1O. The number of hydrogen-bond donors (Lipinski definition) is 2. The van der Waals surface area contributed by atoms with Gasteiger partial charge in [-0.3, -0.25) is 9.59 Å². The molecule has 3 aromatic rings. The Morgan fingerprint density at radius 2 is 1.89 bits per heavy atom. The van der Waals surface area contributed by atoms with Gasteiger partial charge in [-0.2, -0.15) is 0 Å². The number of methoxy groups -OCH3 is 1. The number of carbonyl (C=O) groups excluding carboxylic acids is 2. The van der Waals surface area contributed by atoms with Gasteiger partial charge in [-0.25, -0.2) is 0 Å². The molecule has 2 heterocycles. The van der Waals surface area contributed by atoms with Crippen LogP contribution in [0.5, 0.6) is 11.5 Å². The van der Waals surface area contributed by atoms with Gasteiger partial charge >= 0.3 is 0 Å². The van der Waals surface area contributed by atoms with Crippen LogP contribution in [-0.2, 0) is 4.79 Å². The number of ketones is 1. The maximum Gasteiger partial charge on any atom is 0.290 e. The summed E-state index contributed by atoms with van der Waals surface area (Å²) >= 11 is 6.25. The second kappa shape index (κ2) is 9.85. The van der Waals surface area contributed by atoms with Crippen LogP contribution in [0.4, 0.5) is 0 Å². The van der Waals surface area contributed by atoms with Gasteiger partial charge in [0.1, 0.15) is 0 Å². The lowest BCUT2D eigenvalue weighted by Gasteiger charge is -2.33. The largest absolute Gasteiger partial charge is 0.503 e. The van der Waals surface area contributed by atoms with Crippen LogP contribution in [0.15, 0.2) is 76.6 Å². The molecule has 9 heteroatoms. The van der Waals surface area contributed by atoms with E-state index in [9.17, 15) is 19.8 Å². The molecular formula is C26H25ClN2O6. The third-order valence-corrected chi connectivity index (χ3v) is 6.35. The van der Waals surface area contributed by atoms with Crippen LogP contribution >= 0.6 is 11.6 Å². The average Bonchev–Trinajstić information content (AvgIpc) is 3.47. The Labute approximate surface area is 207 Å². The van der Waals surface area contributed by atoms with Gasteiger partial charge in [0, 0.05) is 6.54 Å². The first kappa shape index (κ1) is 24.4. The number of aromatic hydroxyl groups is 1. The molecule has 2 unspecified atom stereocenters. The lowest BCUT2D eigenvalue weighted by molar-refractivity contribution is -0.130. The molecule has 0 fully saturated rings. The van der Waals surface area contributed by atoms with Crippen LogP contribution in [0.25, 0.3) is 0 Å². The number of halogens is 1. The van der Waals surface area contributed by atoms with E-state index in [1.807, 2.05) is 49.3 Å². The summed E-state index contributed by atoms with van der Waals surface area (Å²) in [6.07, 6.45) is 1.34. The summed E-state index contributed by atoms with van der Waals surface area (Å²) in [4.78, 5) is 30.1. The van der Waals surface area contributed by atoms with Gasteiger partial charge in [0.25, 0.3) is 5.91 Å². The van der Waals surface area contributed by atoms with Crippen LogP contribution in [0, 0.1) is 0 Å². The second-order valence-corrected chi connectivity index (χ2v) is 8.78. The summed E-state index contributed by atoms with van der Waals surface area (Å²) in [6, 6.07) is 14.3. The van der Waals surface area contributed by atoms with Crippen molar-refractivity contribution in [1.82, 2.24) is 9.80 Å². The number of aliphatic hydroxyl groups is 1. The number of benzene rings is 2. The van der Waals surface area contributed by atoms with Crippen molar-refractivity contribution in [1.29, 1.82) is 0 Å². The average molecular weight is 497 g/mol. The molecule has 2 atom stereocenters. The van der Waals surface area contributed by atoms with Crippen molar-refractivity contribution in [3.8, 4) is 11.5 Å². The number of nitrogens with zero attached hydrogens (tertiary/aromatic N) is 2. The summed E-state index contributed by atoms with van der Waals surface area (Å²) in [5.74, 6) is -2.20. The van der Waals surface area contributed by atoms with Gasteiger partial charge in [0.2, 0.25) is 5.78 Å². The lowest BCUT2D eigenvalue weighted by atomic mass is 9.94. The van der Waals surface area contributed by atoms with Gasteiger partial charge in [-0.15, -0.1) is 0 Å². The molecule has 0 radical (unpaired) electrons. The monoisotopic (exact) mass is 496 g/mol. The molecule has 0 bridgehead atoms. The Hall–Kier alpha value is -3.75. The lowest BCUT2D eigenvalue weighted by Crippen LogP contribution is -2.38. The molecule has 1 aliphatic rings. The first-order valence-electron chi connectivity index (χ1n) is 10.8. The number of Topliss-reactive ketones (excluding diaryl/α,β-unsaturated/α-hetero) is 1. The highest BCUT2D eigenvalue weighted by Gasteiger charge is 2.45. The highest BCUT2D eigenvalue weighted by atomic mass is 35.5. The minimum absolute atomic E-state index is 0.0183. The highest BCUT2D eigenvalue weighted by Crippen LogP contribution is 2.44. The minimum Gasteiger partial charge on any atom is -0.503 e. The number of hydrogen-bond acceptors (Lipinski definition) is 7. The Kier molecular flexibility index (Phi) is 6.86. The quantitative estimate of drug-likeness (QED) is 0.441. The maximum absolute atomic E-state index is 13.4. The summed E-state index contributed by atoms with van der Waals surface area (Å²) in [6.45, 7) is 0.153. The molecule has 0 saturated carbocycles. The fourth-order valence-electron chi connectivity index (χ4n) is 4.30. The Morgan fingerprint density at radius 3 is 2.49 bits per heavy atom. The van der Waals surface area contributed by atoms with E-state index in [4.69, 9.17) is 20.8 Å². The molecular weight excluding hydrogens is 472 g/mol. The molecule has 4 rings (SSSR count). The fraction of sp³-hybridized carbons (Fsp3) is 0.231. The van der Waals surface area contributed by atoms with Crippen LogP contribution in [-0.4, -0.2) is 59.5 Å². The van der Waals surface area contributed by atoms with Crippen molar-refractivity contribution in [2.75, 3.05) is 27.7 Å². The van der Waals surface area contributed by atoms with Crippen molar-refractivity contribution in [3.05, 3.63) is 94.1 Å². The number of ether oxygens (including phenoxy) is 1. The molecule has 1 aliphatic heterocycles. The zero-order valence-corrected chi connectivity index (χ0v) is 20.2. The number of carbonyl (C=O) groups is 2. The van der Waals surface area contributed by atoms with E-state index in [2.05, 4.69) is 0 Å². The van der Waals surface area contributed by atoms with Gasteiger partial charge in [0.05, 0.1) is 36.1 Å². The zero-order valence-electron chi connectivity index (χ0n) is 19.4. The molecule has 0 spiro atoms. The Balaban J connectivity index is 1.85.